The van der Waals surface area contributed by atoms with Gasteiger partial charge in [0.2, 0.25) is 5.95 Å². The fraction of sp³-hybridized carbons (Fsp3) is 0.120. The van der Waals surface area contributed by atoms with Gasteiger partial charge in [0.05, 0.1) is 4.90 Å². The highest BCUT2D eigenvalue weighted by molar-refractivity contribution is 7.92. The lowest BCUT2D eigenvalue weighted by atomic mass is 10.0. The maximum Gasteiger partial charge on any atom is 0.264 e. The summed E-state index contributed by atoms with van der Waals surface area (Å²) in [4.78, 5) is 4.62. The number of aromatic nitrogens is 3. The van der Waals surface area contributed by atoms with Gasteiger partial charge in [-0.1, -0.05) is 77.9 Å². The molecule has 0 bridgehead atoms. The van der Waals surface area contributed by atoms with Crippen LogP contribution in [0.1, 0.15) is 28.3 Å². The quantitative estimate of drug-likeness (QED) is 0.451. The molecule has 1 aliphatic heterocycles. The minimum atomic E-state index is -3.82. The topological polar surface area (TPSA) is 88.9 Å². The van der Waals surface area contributed by atoms with E-state index in [4.69, 9.17) is 0 Å². The van der Waals surface area contributed by atoms with Gasteiger partial charge in [0.15, 0.2) is 0 Å². The molecule has 2 N–H and O–H groups in total. The third-order valence-electron chi connectivity index (χ3n) is 5.53. The summed E-state index contributed by atoms with van der Waals surface area (Å²) in [6, 6.07) is 24.5. The smallest absolute Gasteiger partial charge is 0.264 e. The lowest BCUT2D eigenvalue weighted by molar-refractivity contribution is 0.598. The van der Waals surface area contributed by atoms with Crippen molar-refractivity contribution < 1.29 is 8.42 Å². The predicted octanol–water partition coefficient (Wildman–Crippen LogP) is 4.75. The molecule has 1 aromatic heterocycles. The van der Waals surface area contributed by atoms with Gasteiger partial charge in [0.1, 0.15) is 6.04 Å². The fourth-order valence-corrected chi connectivity index (χ4v) is 4.66. The summed E-state index contributed by atoms with van der Waals surface area (Å²) in [7, 11) is -3.82. The highest BCUT2D eigenvalue weighted by Crippen LogP contribution is 2.33. The van der Waals surface area contributed by atoms with Crippen LogP contribution >= 0.6 is 0 Å². The Hall–Kier alpha value is -3.91. The number of rotatable bonds is 5. The largest absolute Gasteiger partial charge is 0.324 e. The molecule has 8 heteroatoms. The Bertz CT molecular complexity index is 1420. The molecule has 0 radical (unpaired) electrons. The number of sulfonamides is 1. The first-order valence-electron chi connectivity index (χ1n) is 10.6. The lowest BCUT2D eigenvalue weighted by Gasteiger charge is -2.24. The van der Waals surface area contributed by atoms with Crippen molar-refractivity contribution in [3.8, 4) is 0 Å². The maximum atomic E-state index is 12.9. The first-order valence-corrected chi connectivity index (χ1v) is 12.0. The minimum absolute atomic E-state index is 0.0116. The van der Waals surface area contributed by atoms with Crippen LogP contribution in [0, 0.1) is 13.8 Å². The van der Waals surface area contributed by atoms with Crippen molar-refractivity contribution >= 4 is 27.6 Å². The predicted molar refractivity (Wildman–Crippen MR) is 129 cm³/mol. The summed E-state index contributed by atoms with van der Waals surface area (Å²) in [5.41, 5.74) is 5.07. The molecule has 7 nitrogen and oxygen atoms in total. The van der Waals surface area contributed by atoms with E-state index >= 15 is 0 Å². The second-order valence-corrected chi connectivity index (χ2v) is 9.73. The van der Waals surface area contributed by atoms with Gasteiger partial charge in [-0.05, 0) is 43.2 Å². The molecule has 0 aliphatic carbocycles. The zero-order valence-corrected chi connectivity index (χ0v) is 19.0. The highest BCUT2D eigenvalue weighted by atomic mass is 32.2. The van der Waals surface area contributed by atoms with Gasteiger partial charge < -0.3 is 5.32 Å². The molecule has 166 valence electrons. The first-order chi connectivity index (χ1) is 15.9. The molecule has 1 aliphatic rings. The molecule has 33 heavy (non-hydrogen) atoms. The van der Waals surface area contributed by atoms with E-state index in [1.807, 2.05) is 56.3 Å². The van der Waals surface area contributed by atoms with Crippen molar-refractivity contribution in [2.45, 2.75) is 24.8 Å². The van der Waals surface area contributed by atoms with Gasteiger partial charge in [0.25, 0.3) is 16.0 Å². The summed E-state index contributed by atoms with van der Waals surface area (Å²) >= 11 is 0. The van der Waals surface area contributed by atoms with Crippen LogP contribution in [0.25, 0.3) is 5.70 Å². The van der Waals surface area contributed by atoms with E-state index in [0.29, 0.717) is 5.95 Å². The van der Waals surface area contributed by atoms with Crippen LogP contribution in [0.15, 0.2) is 89.8 Å². The molecule has 0 saturated heterocycles. The Labute approximate surface area is 192 Å². The van der Waals surface area contributed by atoms with Crippen LogP contribution in [0.2, 0.25) is 0 Å². The van der Waals surface area contributed by atoms with Crippen molar-refractivity contribution in [1.29, 1.82) is 0 Å². The fourth-order valence-electron chi connectivity index (χ4n) is 3.72. The van der Waals surface area contributed by atoms with E-state index < -0.39 is 10.0 Å². The molecule has 0 amide bonds. The normalized spacial score (nSPS) is 15.3. The molecule has 0 saturated carbocycles. The number of benzene rings is 3. The number of nitrogens with one attached hydrogen (secondary N) is 2. The van der Waals surface area contributed by atoms with E-state index in [0.717, 1.165) is 22.4 Å². The third-order valence-corrected chi connectivity index (χ3v) is 6.87. The summed E-state index contributed by atoms with van der Waals surface area (Å²) < 4.78 is 29.9. The zero-order valence-electron chi connectivity index (χ0n) is 18.2. The number of nitrogens with zero attached hydrogens (tertiary/aromatic N) is 3. The molecule has 2 heterocycles. The molecule has 5 rings (SSSR count). The molecule has 1 atom stereocenters. The van der Waals surface area contributed by atoms with Crippen LogP contribution in [0.4, 0.5) is 11.9 Å². The van der Waals surface area contributed by atoms with E-state index in [1.54, 1.807) is 28.9 Å². The molecule has 3 aromatic carbocycles. The van der Waals surface area contributed by atoms with Crippen molar-refractivity contribution in [3.05, 3.63) is 107 Å². The molecule has 0 fully saturated rings. The van der Waals surface area contributed by atoms with Crippen LogP contribution in [-0.4, -0.2) is 23.2 Å². The highest BCUT2D eigenvalue weighted by Gasteiger charge is 2.27. The summed E-state index contributed by atoms with van der Waals surface area (Å²) in [6.45, 7) is 3.95. The molecular weight excluding hydrogens is 434 g/mol. The first kappa shape index (κ1) is 21.0. The average Bonchev–Trinajstić information content (AvgIpc) is 3.21. The van der Waals surface area contributed by atoms with E-state index in [2.05, 4.69) is 38.3 Å². The Kier molecular flexibility index (Phi) is 5.22. The number of fused-ring (bicyclic) bond motifs is 1. The average molecular weight is 458 g/mol. The van der Waals surface area contributed by atoms with Crippen molar-refractivity contribution in [2.75, 3.05) is 10.0 Å². The van der Waals surface area contributed by atoms with E-state index in [9.17, 15) is 8.42 Å². The van der Waals surface area contributed by atoms with Crippen LogP contribution in [-0.2, 0) is 10.0 Å². The number of hydrogen-bond donors (Lipinski definition) is 2. The van der Waals surface area contributed by atoms with Crippen molar-refractivity contribution in [2.24, 2.45) is 0 Å². The number of anilines is 2. The molecular formula is C25H23N5O2S. The summed E-state index contributed by atoms with van der Waals surface area (Å²) in [5.74, 6) is 0.473. The molecule has 4 aromatic rings. The van der Waals surface area contributed by atoms with Crippen molar-refractivity contribution in [1.82, 2.24) is 14.8 Å². The van der Waals surface area contributed by atoms with Gasteiger partial charge >= 0.3 is 0 Å². The number of hydrogen-bond acceptors (Lipinski definition) is 5. The van der Waals surface area contributed by atoms with E-state index in [1.165, 1.54) is 5.56 Å². The van der Waals surface area contributed by atoms with Crippen LogP contribution in [0.5, 0.6) is 0 Å². The number of aryl methyl sites for hydroxylation is 2. The third kappa shape index (κ3) is 4.25. The molecule has 0 spiro atoms. The van der Waals surface area contributed by atoms with Gasteiger partial charge in [-0.2, -0.15) is 4.98 Å². The minimum Gasteiger partial charge on any atom is -0.324 e. The van der Waals surface area contributed by atoms with Gasteiger partial charge in [-0.3, -0.25) is 0 Å². The Morgan fingerprint density at radius 3 is 2.18 bits per heavy atom. The SMILES string of the molecule is Cc1ccc(C2=C[C@@H](c3ccccc3)n3nc(NS(=O)(=O)c4ccc(C)cc4)nc3N2)cc1. The monoisotopic (exact) mass is 457 g/mol. The van der Waals surface area contributed by atoms with Gasteiger partial charge in [-0.15, -0.1) is 5.10 Å². The Morgan fingerprint density at radius 2 is 1.52 bits per heavy atom. The summed E-state index contributed by atoms with van der Waals surface area (Å²) in [5, 5.41) is 7.79. The number of allylic oxidation sites excluding steroid dienone is 1. The second kappa shape index (κ2) is 8.22. The van der Waals surface area contributed by atoms with Gasteiger partial charge in [0, 0.05) is 5.70 Å². The zero-order chi connectivity index (χ0) is 23.0. The Balaban J connectivity index is 1.52. The maximum absolute atomic E-state index is 12.9. The van der Waals surface area contributed by atoms with Crippen molar-refractivity contribution in [3.63, 3.8) is 0 Å². The standard InChI is InChI=1S/C25H23N5O2S/c1-17-8-12-19(13-9-17)22-16-23(20-6-4-3-5-7-20)30-25(26-22)27-24(28-30)29-33(31,32)21-14-10-18(2)11-15-21/h3-16,23H,1-2H3,(H2,26,27,28,29)/t23-/m0/s1. The van der Waals surface area contributed by atoms with Gasteiger partial charge in [-0.25, -0.2) is 17.8 Å². The summed E-state index contributed by atoms with van der Waals surface area (Å²) in [6.07, 6.45) is 2.07. The second-order valence-electron chi connectivity index (χ2n) is 8.05. The van der Waals surface area contributed by atoms with Crippen LogP contribution < -0.4 is 10.0 Å². The lowest BCUT2D eigenvalue weighted by Crippen LogP contribution is -2.20. The Morgan fingerprint density at radius 1 is 0.879 bits per heavy atom. The van der Waals surface area contributed by atoms with Crippen LogP contribution in [0.3, 0.4) is 0 Å². The molecule has 0 unspecified atom stereocenters. The van der Waals surface area contributed by atoms with E-state index in [-0.39, 0.29) is 16.9 Å².